The second-order valence-corrected chi connectivity index (χ2v) is 7.52. The Bertz CT molecular complexity index is 601. The quantitative estimate of drug-likeness (QED) is 0.467. The number of rotatable bonds is 8. The van der Waals surface area contributed by atoms with Gasteiger partial charge in [0.25, 0.3) is 6.43 Å². The van der Waals surface area contributed by atoms with Crippen molar-refractivity contribution in [3.05, 3.63) is 30.5 Å². The van der Waals surface area contributed by atoms with E-state index in [1.54, 1.807) is 12.3 Å². The Kier molecular flexibility index (Phi) is 16.5. The van der Waals surface area contributed by atoms with Crippen molar-refractivity contribution in [2.24, 2.45) is 11.8 Å². The lowest BCUT2D eigenvalue weighted by Gasteiger charge is -2.00. The molecule has 0 amide bonds. The maximum Gasteiger partial charge on any atom is 0.257 e. The van der Waals surface area contributed by atoms with Gasteiger partial charge in [-0.05, 0) is 50.8 Å². The topological polar surface area (TPSA) is 29.9 Å². The van der Waals surface area contributed by atoms with Gasteiger partial charge in [-0.1, -0.05) is 72.1 Å². The Hall–Kier alpha value is -1.49. The van der Waals surface area contributed by atoms with Crippen LogP contribution < -0.4 is 5.32 Å². The number of hydrogen-bond donors (Lipinski definition) is 1. The maximum absolute atomic E-state index is 12.1. The van der Waals surface area contributed by atoms with Crippen molar-refractivity contribution in [1.82, 2.24) is 15.1 Å². The number of fused-ring (bicyclic) bond motifs is 1. The molecular weight excluding hydrogens is 368 g/mol. The van der Waals surface area contributed by atoms with Gasteiger partial charge in [-0.3, -0.25) is 4.68 Å². The molecule has 168 valence electrons. The van der Waals surface area contributed by atoms with Crippen LogP contribution in [0.1, 0.15) is 73.1 Å². The number of nitrogens with zero attached hydrogens (tertiary/aromatic N) is 2. The van der Waals surface area contributed by atoms with E-state index in [1.807, 2.05) is 39.1 Å². The molecule has 0 saturated heterocycles. The first-order chi connectivity index (χ1) is 14.0. The van der Waals surface area contributed by atoms with Crippen molar-refractivity contribution in [3.8, 4) is 0 Å². The molecule has 1 fully saturated rings. The van der Waals surface area contributed by atoms with Gasteiger partial charge in [0.1, 0.15) is 6.54 Å². The molecular formula is C24H43F2N3. The summed E-state index contributed by atoms with van der Waals surface area (Å²) in [4.78, 5) is 0. The minimum absolute atomic E-state index is 0.340. The van der Waals surface area contributed by atoms with Crippen LogP contribution in [-0.2, 0) is 6.54 Å². The average molecular weight is 412 g/mol. The van der Waals surface area contributed by atoms with Crippen molar-refractivity contribution in [2.45, 2.75) is 86.1 Å². The van der Waals surface area contributed by atoms with Crippen LogP contribution in [0.3, 0.4) is 0 Å². The molecule has 1 N–H and O–H groups in total. The average Bonchev–Trinajstić information content (AvgIpc) is 3.51. The highest BCUT2D eigenvalue weighted by Crippen LogP contribution is 2.35. The van der Waals surface area contributed by atoms with Gasteiger partial charge < -0.3 is 5.32 Å². The summed E-state index contributed by atoms with van der Waals surface area (Å²) in [5.41, 5.74) is 0.753. The molecule has 3 rings (SSSR count). The monoisotopic (exact) mass is 411 g/mol. The van der Waals surface area contributed by atoms with E-state index in [0.717, 1.165) is 22.7 Å². The molecule has 1 heterocycles. The van der Waals surface area contributed by atoms with Crippen LogP contribution >= 0.6 is 0 Å². The van der Waals surface area contributed by atoms with Gasteiger partial charge in [0.2, 0.25) is 0 Å². The van der Waals surface area contributed by atoms with Crippen molar-refractivity contribution in [2.75, 3.05) is 13.6 Å². The SMILES string of the molecule is CC.CC(C)C1CC1.CCCCCCNC.FC(F)Cn1ncc2ccccc21. The molecule has 0 radical (unpaired) electrons. The summed E-state index contributed by atoms with van der Waals surface area (Å²) >= 11 is 0. The normalized spacial score (nSPS) is 12.6. The molecule has 1 aliphatic rings. The third-order valence-electron chi connectivity index (χ3n) is 4.71. The van der Waals surface area contributed by atoms with Crippen molar-refractivity contribution < 1.29 is 8.78 Å². The van der Waals surface area contributed by atoms with Crippen LogP contribution in [0, 0.1) is 11.8 Å². The molecule has 0 atom stereocenters. The predicted molar refractivity (Wildman–Crippen MR) is 123 cm³/mol. The summed E-state index contributed by atoms with van der Waals surface area (Å²) < 4.78 is 25.4. The molecule has 1 aromatic carbocycles. The number of unbranched alkanes of at least 4 members (excludes halogenated alkanes) is 3. The highest BCUT2D eigenvalue weighted by Gasteiger charge is 2.23. The van der Waals surface area contributed by atoms with E-state index < -0.39 is 6.43 Å². The summed E-state index contributed by atoms with van der Waals surface area (Å²) in [6.45, 7) is 11.7. The second kappa shape index (κ2) is 17.4. The largest absolute Gasteiger partial charge is 0.320 e. The standard InChI is InChI=1S/C9H8F2N2.C7H17N.C6H12.C2H6/c10-9(11)6-13-8-4-2-1-3-7(8)5-12-13;1-3-4-5-6-7-8-2;1-5(2)6-3-4-6;1-2/h1-5,9H,6H2;8H,3-7H2,1-2H3;5-6H,3-4H2,1-2H3;1-2H3. The molecule has 5 heteroatoms. The zero-order chi connectivity index (χ0) is 22.1. The molecule has 1 aliphatic carbocycles. The van der Waals surface area contributed by atoms with Crippen LogP contribution in [0.5, 0.6) is 0 Å². The molecule has 1 aromatic heterocycles. The summed E-state index contributed by atoms with van der Waals surface area (Å²) in [5, 5.41) is 7.89. The number of aromatic nitrogens is 2. The van der Waals surface area contributed by atoms with E-state index in [-0.39, 0.29) is 6.54 Å². The summed E-state index contributed by atoms with van der Waals surface area (Å²) in [5.74, 6) is 2.06. The summed E-state index contributed by atoms with van der Waals surface area (Å²) in [6.07, 6.45) is 7.68. The molecule has 0 bridgehead atoms. The lowest BCUT2D eigenvalue weighted by Crippen LogP contribution is -2.07. The van der Waals surface area contributed by atoms with Gasteiger partial charge in [-0.15, -0.1) is 0 Å². The van der Waals surface area contributed by atoms with E-state index in [0.29, 0.717) is 0 Å². The number of para-hydroxylation sites is 1. The highest BCUT2D eigenvalue weighted by atomic mass is 19.3. The Balaban J connectivity index is 0.000000422. The predicted octanol–water partition coefficient (Wildman–Crippen LogP) is 7.17. The zero-order valence-corrected chi connectivity index (χ0v) is 19.4. The maximum atomic E-state index is 12.1. The van der Waals surface area contributed by atoms with Crippen molar-refractivity contribution >= 4 is 10.9 Å². The Morgan fingerprint density at radius 1 is 1.10 bits per heavy atom. The van der Waals surface area contributed by atoms with Crippen LogP contribution in [0.2, 0.25) is 0 Å². The number of nitrogens with one attached hydrogen (secondary N) is 1. The smallest absolute Gasteiger partial charge is 0.257 e. The van der Waals surface area contributed by atoms with Gasteiger partial charge in [-0.25, -0.2) is 8.78 Å². The molecule has 0 aliphatic heterocycles. The fourth-order valence-corrected chi connectivity index (χ4v) is 2.79. The highest BCUT2D eigenvalue weighted by molar-refractivity contribution is 5.78. The molecule has 29 heavy (non-hydrogen) atoms. The minimum Gasteiger partial charge on any atom is -0.320 e. The van der Waals surface area contributed by atoms with Crippen LogP contribution in [0.4, 0.5) is 8.78 Å². The van der Waals surface area contributed by atoms with E-state index in [2.05, 4.69) is 31.2 Å². The summed E-state index contributed by atoms with van der Waals surface area (Å²) in [7, 11) is 2.01. The van der Waals surface area contributed by atoms with Gasteiger partial charge in [-0.2, -0.15) is 5.10 Å². The number of hydrogen-bond acceptors (Lipinski definition) is 2. The zero-order valence-electron chi connectivity index (χ0n) is 19.4. The van der Waals surface area contributed by atoms with Gasteiger partial charge in [0, 0.05) is 5.39 Å². The number of benzene rings is 1. The molecule has 0 spiro atoms. The lowest BCUT2D eigenvalue weighted by molar-refractivity contribution is 0.123. The van der Waals surface area contributed by atoms with Gasteiger partial charge in [0.15, 0.2) is 0 Å². The number of halogens is 2. The van der Waals surface area contributed by atoms with Crippen molar-refractivity contribution in [3.63, 3.8) is 0 Å². The Morgan fingerprint density at radius 2 is 1.76 bits per heavy atom. The third kappa shape index (κ3) is 13.4. The van der Waals surface area contributed by atoms with Gasteiger partial charge in [0.05, 0.1) is 11.7 Å². The molecule has 1 saturated carbocycles. The summed E-state index contributed by atoms with van der Waals surface area (Å²) in [6, 6.07) is 7.30. The van der Waals surface area contributed by atoms with E-state index in [1.165, 1.54) is 49.8 Å². The first-order valence-electron chi connectivity index (χ1n) is 11.3. The first-order valence-corrected chi connectivity index (χ1v) is 11.3. The lowest BCUT2D eigenvalue weighted by atomic mass is 10.1. The number of alkyl halides is 2. The minimum atomic E-state index is -2.36. The third-order valence-corrected chi connectivity index (χ3v) is 4.71. The van der Waals surface area contributed by atoms with Crippen molar-refractivity contribution in [1.29, 1.82) is 0 Å². The Labute approximate surface area is 177 Å². The van der Waals surface area contributed by atoms with Gasteiger partial charge >= 0.3 is 0 Å². The van der Waals surface area contributed by atoms with Crippen LogP contribution in [0.25, 0.3) is 10.9 Å². The van der Waals surface area contributed by atoms with Crippen LogP contribution in [0.15, 0.2) is 30.5 Å². The van der Waals surface area contributed by atoms with Crippen LogP contribution in [-0.4, -0.2) is 29.8 Å². The van der Waals surface area contributed by atoms with E-state index in [9.17, 15) is 8.78 Å². The van der Waals surface area contributed by atoms with E-state index in [4.69, 9.17) is 0 Å². The fraction of sp³-hybridized carbons (Fsp3) is 0.708. The first kappa shape index (κ1) is 27.5. The fourth-order valence-electron chi connectivity index (χ4n) is 2.79. The Morgan fingerprint density at radius 3 is 2.24 bits per heavy atom. The molecule has 3 nitrogen and oxygen atoms in total. The van der Waals surface area contributed by atoms with E-state index >= 15 is 0 Å². The molecule has 0 unspecified atom stereocenters. The second-order valence-electron chi connectivity index (χ2n) is 7.52. The molecule has 2 aromatic rings.